The lowest BCUT2D eigenvalue weighted by atomic mass is 9.73. The van der Waals surface area contributed by atoms with Crippen molar-refractivity contribution in [3.8, 4) is 0 Å². The number of urea groups is 1. The molecule has 2 aromatic rings. The number of amides is 4. The first kappa shape index (κ1) is 22.2. The van der Waals surface area contributed by atoms with Crippen LogP contribution in [0.2, 0.25) is 0 Å². The summed E-state index contributed by atoms with van der Waals surface area (Å²) in [5, 5.41) is 5.04. The summed E-state index contributed by atoms with van der Waals surface area (Å²) in [5.74, 6) is -0.313. The monoisotopic (exact) mass is 452 g/mol. The molecule has 7 nitrogen and oxygen atoms in total. The van der Waals surface area contributed by atoms with Crippen LogP contribution in [0.1, 0.15) is 37.1 Å². The Bertz CT molecular complexity index is 1010. The van der Waals surface area contributed by atoms with Crippen LogP contribution in [0.25, 0.3) is 0 Å². The van der Waals surface area contributed by atoms with E-state index >= 15 is 0 Å². The van der Waals surface area contributed by atoms with E-state index in [4.69, 9.17) is 0 Å². The second-order valence-electron chi connectivity index (χ2n) is 8.30. The first-order chi connectivity index (χ1) is 15.5. The van der Waals surface area contributed by atoms with Crippen LogP contribution < -0.4 is 5.32 Å². The number of likely N-dealkylation sites (tertiary alicyclic amines) is 1. The highest BCUT2D eigenvalue weighted by Crippen LogP contribution is 2.41. The maximum atomic E-state index is 13.8. The van der Waals surface area contributed by atoms with Crippen molar-refractivity contribution in [1.82, 2.24) is 20.1 Å². The molecule has 0 radical (unpaired) electrons. The lowest BCUT2D eigenvalue weighted by molar-refractivity contribution is -0.135. The number of aromatic nitrogens is 1. The average Bonchev–Trinajstić information content (AvgIpc) is 3.44. The van der Waals surface area contributed by atoms with Crippen molar-refractivity contribution in [1.29, 1.82) is 0 Å². The van der Waals surface area contributed by atoms with Gasteiger partial charge in [-0.1, -0.05) is 18.2 Å². The Labute approximate surface area is 192 Å². The molecule has 4 rings (SSSR count). The van der Waals surface area contributed by atoms with Crippen LogP contribution in [0, 0.1) is 5.92 Å². The van der Waals surface area contributed by atoms with Gasteiger partial charge in [-0.15, -0.1) is 11.3 Å². The van der Waals surface area contributed by atoms with E-state index < -0.39 is 5.54 Å². The molecule has 0 aliphatic carbocycles. The number of carbonyl (C=O) groups is 3. The maximum absolute atomic E-state index is 13.8. The number of carbonyl (C=O) groups excluding carboxylic acids is 3. The van der Waals surface area contributed by atoms with Crippen LogP contribution in [-0.2, 0) is 21.5 Å². The topological polar surface area (TPSA) is 82.6 Å². The summed E-state index contributed by atoms with van der Waals surface area (Å²) in [7, 11) is 0. The first-order valence-electron chi connectivity index (χ1n) is 11.0. The molecule has 2 fully saturated rings. The molecule has 32 heavy (non-hydrogen) atoms. The average molecular weight is 453 g/mol. The van der Waals surface area contributed by atoms with Gasteiger partial charge in [0.25, 0.3) is 5.91 Å². The van der Waals surface area contributed by atoms with Gasteiger partial charge in [0, 0.05) is 48.0 Å². The molecule has 2 aliphatic rings. The van der Waals surface area contributed by atoms with Gasteiger partial charge in [-0.05, 0) is 56.5 Å². The molecule has 0 aromatic carbocycles. The molecule has 2 saturated heterocycles. The number of rotatable bonds is 6. The molecule has 0 saturated carbocycles. The van der Waals surface area contributed by atoms with E-state index in [0.29, 0.717) is 44.5 Å². The van der Waals surface area contributed by atoms with Crippen LogP contribution in [0.15, 0.2) is 53.7 Å². The van der Waals surface area contributed by atoms with E-state index in [-0.39, 0.29) is 23.8 Å². The van der Waals surface area contributed by atoms with Crippen molar-refractivity contribution in [2.45, 2.75) is 38.6 Å². The van der Waals surface area contributed by atoms with E-state index in [0.717, 1.165) is 10.5 Å². The Morgan fingerprint density at radius 3 is 2.69 bits per heavy atom. The zero-order valence-electron chi connectivity index (χ0n) is 18.4. The molecule has 2 aliphatic heterocycles. The third-order valence-corrected chi connectivity index (χ3v) is 7.51. The van der Waals surface area contributed by atoms with Crippen molar-refractivity contribution >= 4 is 29.2 Å². The van der Waals surface area contributed by atoms with Gasteiger partial charge < -0.3 is 10.2 Å². The number of thiophene rings is 1. The lowest BCUT2D eigenvalue weighted by Crippen LogP contribution is -2.54. The predicted molar refractivity (Wildman–Crippen MR) is 123 cm³/mol. The summed E-state index contributed by atoms with van der Waals surface area (Å²) in [5.41, 5.74) is 0.271. The summed E-state index contributed by atoms with van der Waals surface area (Å²) < 4.78 is 0. The Hall–Kier alpha value is -3.00. The van der Waals surface area contributed by atoms with E-state index in [1.165, 1.54) is 4.90 Å². The fourth-order valence-electron chi connectivity index (χ4n) is 4.67. The van der Waals surface area contributed by atoms with Gasteiger partial charge in [0.2, 0.25) is 5.91 Å². The smallest absolute Gasteiger partial charge is 0.325 e. The van der Waals surface area contributed by atoms with Crippen LogP contribution >= 0.6 is 11.3 Å². The fraction of sp³-hybridized carbons (Fsp3) is 0.417. The Morgan fingerprint density at radius 2 is 2.06 bits per heavy atom. The maximum Gasteiger partial charge on any atom is 0.325 e. The summed E-state index contributed by atoms with van der Waals surface area (Å²) >= 11 is 1.62. The normalized spacial score (nSPS) is 22.4. The molecule has 8 heteroatoms. The molecule has 1 N–H and O–H groups in total. The zero-order chi connectivity index (χ0) is 22.7. The second-order valence-corrected chi connectivity index (χ2v) is 9.34. The largest absolute Gasteiger partial charge is 0.339 e. The van der Waals surface area contributed by atoms with E-state index in [2.05, 4.69) is 10.3 Å². The third-order valence-electron chi connectivity index (χ3n) is 6.58. The number of hydrogen-bond donors (Lipinski definition) is 1. The van der Waals surface area contributed by atoms with Gasteiger partial charge in [-0.25, -0.2) is 4.79 Å². The van der Waals surface area contributed by atoms with Gasteiger partial charge in [0.15, 0.2) is 5.54 Å². The number of nitrogens with one attached hydrogen (secondary N) is 1. The fourth-order valence-corrected chi connectivity index (χ4v) is 5.37. The number of piperidine rings is 1. The summed E-state index contributed by atoms with van der Waals surface area (Å²) in [4.78, 5) is 47.9. The Balaban J connectivity index is 1.58. The highest BCUT2D eigenvalue weighted by atomic mass is 32.1. The highest BCUT2D eigenvalue weighted by molar-refractivity contribution is 7.09. The van der Waals surface area contributed by atoms with Crippen molar-refractivity contribution < 1.29 is 14.4 Å². The quantitative estimate of drug-likeness (QED) is 0.538. The number of pyridine rings is 1. The van der Waals surface area contributed by atoms with Gasteiger partial charge in [-0.2, -0.15) is 0 Å². The van der Waals surface area contributed by atoms with Gasteiger partial charge in [0.05, 0.1) is 0 Å². The summed E-state index contributed by atoms with van der Waals surface area (Å²) in [6.45, 7) is 5.11. The van der Waals surface area contributed by atoms with Gasteiger partial charge in [0.1, 0.15) is 0 Å². The molecular formula is C24H28N4O3S. The molecule has 0 spiro atoms. The summed E-state index contributed by atoms with van der Waals surface area (Å²) in [6.07, 6.45) is 7.04. The highest BCUT2D eigenvalue weighted by Gasteiger charge is 2.57. The van der Waals surface area contributed by atoms with Crippen molar-refractivity contribution in [3.05, 3.63) is 64.1 Å². The number of imide groups is 1. The molecule has 4 amide bonds. The predicted octanol–water partition coefficient (Wildman–Crippen LogP) is 3.34. The Kier molecular flexibility index (Phi) is 6.41. The lowest BCUT2D eigenvalue weighted by Gasteiger charge is -2.41. The minimum absolute atomic E-state index is 0.0285. The molecule has 0 bridgehead atoms. The van der Waals surface area contributed by atoms with Crippen LogP contribution in [0.4, 0.5) is 4.79 Å². The molecule has 4 heterocycles. The van der Waals surface area contributed by atoms with Crippen LogP contribution in [-0.4, -0.2) is 52.3 Å². The van der Waals surface area contributed by atoms with Crippen molar-refractivity contribution in [2.75, 3.05) is 19.6 Å². The molecule has 1 unspecified atom stereocenters. The zero-order valence-corrected chi connectivity index (χ0v) is 19.2. The standard InChI is InChI=1S/C24H28N4O3S/c1-3-17(2)21(29)27-12-8-18(9-13-27)24(19-6-4-11-25-16-19)22(30)28(23(31)26-24)14-10-20-7-5-15-32-20/h3-7,11,15-16,18H,8-10,12-14H2,1-2H3,(H,26,31)/b17-3+. The van der Waals surface area contributed by atoms with Crippen molar-refractivity contribution in [3.63, 3.8) is 0 Å². The van der Waals surface area contributed by atoms with E-state index in [1.807, 2.05) is 48.4 Å². The first-order valence-corrected chi connectivity index (χ1v) is 11.8. The minimum Gasteiger partial charge on any atom is -0.339 e. The molecule has 168 valence electrons. The van der Waals surface area contributed by atoms with Gasteiger partial charge >= 0.3 is 6.03 Å². The SMILES string of the molecule is C/C=C(\C)C(=O)N1CCC(C2(c3cccnc3)NC(=O)N(CCc3cccs3)C2=O)CC1. The van der Waals surface area contributed by atoms with Crippen LogP contribution in [0.5, 0.6) is 0 Å². The number of nitrogens with zero attached hydrogens (tertiary/aromatic N) is 3. The third kappa shape index (κ3) is 3.95. The Morgan fingerprint density at radius 1 is 1.28 bits per heavy atom. The van der Waals surface area contributed by atoms with Crippen molar-refractivity contribution in [2.24, 2.45) is 5.92 Å². The van der Waals surface area contributed by atoms with E-state index in [9.17, 15) is 14.4 Å². The van der Waals surface area contributed by atoms with Gasteiger partial charge in [-0.3, -0.25) is 19.5 Å². The van der Waals surface area contributed by atoms with E-state index in [1.54, 1.807) is 29.8 Å². The molecule has 2 aromatic heterocycles. The minimum atomic E-state index is -1.15. The number of allylic oxidation sites excluding steroid dienone is 1. The molecular weight excluding hydrogens is 424 g/mol. The summed E-state index contributed by atoms with van der Waals surface area (Å²) in [6, 6.07) is 7.26. The second kappa shape index (κ2) is 9.24. The molecule has 1 atom stereocenters. The number of hydrogen-bond acceptors (Lipinski definition) is 5. The van der Waals surface area contributed by atoms with Crippen LogP contribution in [0.3, 0.4) is 0 Å².